The van der Waals surface area contributed by atoms with Crippen molar-refractivity contribution in [2.24, 2.45) is 0 Å². The third-order valence-electron chi connectivity index (χ3n) is 3.61. The normalized spacial score (nSPS) is 11.1. The van der Waals surface area contributed by atoms with Crippen molar-refractivity contribution in [3.63, 3.8) is 0 Å². The largest absolute Gasteiger partial charge is 0.340 e. The maximum Gasteiger partial charge on any atom is 0.0611 e. The van der Waals surface area contributed by atoms with Crippen molar-refractivity contribution in [1.29, 1.82) is 0 Å². The summed E-state index contributed by atoms with van der Waals surface area (Å²) in [6, 6.07) is 16.0. The molecule has 4 rings (SSSR count). The average molecular weight is 438 g/mol. The molecule has 1 radical (unpaired) electrons. The third kappa shape index (κ3) is 1.78. The molecule has 0 aliphatic heterocycles. The van der Waals surface area contributed by atoms with E-state index in [1.807, 2.05) is 19.1 Å². The van der Waals surface area contributed by atoms with Gasteiger partial charge in [-0.3, -0.25) is 4.98 Å². The van der Waals surface area contributed by atoms with Crippen molar-refractivity contribution in [2.45, 2.75) is 13.8 Å². The molecular formula is C17H13IrN2-. The van der Waals surface area contributed by atoms with Gasteiger partial charge in [0.2, 0.25) is 0 Å². The number of benzene rings is 2. The number of pyridine rings is 1. The van der Waals surface area contributed by atoms with Crippen LogP contribution < -0.4 is 0 Å². The van der Waals surface area contributed by atoms with Crippen LogP contribution in [-0.4, -0.2) is 9.38 Å². The van der Waals surface area contributed by atoms with Crippen molar-refractivity contribution < 1.29 is 20.1 Å². The molecule has 0 spiro atoms. The quantitative estimate of drug-likeness (QED) is 0.300. The summed E-state index contributed by atoms with van der Waals surface area (Å²) >= 11 is 0. The Kier molecular flexibility index (Phi) is 3.12. The number of imidazole rings is 1. The van der Waals surface area contributed by atoms with Gasteiger partial charge in [0.15, 0.2) is 0 Å². The topological polar surface area (TPSA) is 17.3 Å². The van der Waals surface area contributed by atoms with E-state index >= 15 is 0 Å². The Morgan fingerprint density at radius 3 is 2.80 bits per heavy atom. The number of nitrogens with zero attached hydrogens (tertiary/aromatic N) is 2. The summed E-state index contributed by atoms with van der Waals surface area (Å²) in [4.78, 5) is 4.65. The first-order valence-electron chi connectivity index (χ1n) is 6.42. The Morgan fingerprint density at radius 2 is 1.95 bits per heavy atom. The molecule has 20 heavy (non-hydrogen) atoms. The zero-order chi connectivity index (χ0) is 13.0. The Balaban J connectivity index is 0.00000121. The number of aromatic nitrogens is 2. The summed E-state index contributed by atoms with van der Waals surface area (Å²) in [5.41, 5.74) is 4.50. The molecule has 2 nitrogen and oxygen atoms in total. The van der Waals surface area contributed by atoms with Crippen LogP contribution in [0.3, 0.4) is 0 Å². The summed E-state index contributed by atoms with van der Waals surface area (Å²) in [5.74, 6) is 0. The van der Waals surface area contributed by atoms with E-state index in [9.17, 15) is 0 Å². The van der Waals surface area contributed by atoms with Crippen LogP contribution >= 0.6 is 0 Å². The molecule has 0 fully saturated rings. The Hall–Kier alpha value is -1.70. The van der Waals surface area contributed by atoms with Crippen molar-refractivity contribution in [1.82, 2.24) is 9.38 Å². The molecule has 0 atom stereocenters. The fourth-order valence-electron chi connectivity index (χ4n) is 2.78. The summed E-state index contributed by atoms with van der Waals surface area (Å²) < 4.78 is 2.17. The van der Waals surface area contributed by atoms with Crippen LogP contribution in [0, 0.1) is 19.9 Å². The second kappa shape index (κ2) is 4.69. The second-order valence-corrected chi connectivity index (χ2v) is 5.06. The summed E-state index contributed by atoms with van der Waals surface area (Å²) in [6.45, 7) is 4.16. The van der Waals surface area contributed by atoms with Crippen LogP contribution in [0.2, 0.25) is 0 Å². The number of aryl methyl sites for hydroxylation is 2. The Labute approximate surface area is 130 Å². The van der Waals surface area contributed by atoms with Crippen molar-refractivity contribution >= 4 is 27.3 Å². The van der Waals surface area contributed by atoms with Gasteiger partial charge in [-0.05, 0) is 25.3 Å². The predicted molar refractivity (Wildman–Crippen MR) is 78.5 cm³/mol. The molecule has 3 heteroatoms. The van der Waals surface area contributed by atoms with Crippen LogP contribution in [0.25, 0.3) is 27.3 Å². The Bertz CT molecular complexity index is 938. The van der Waals surface area contributed by atoms with Gasteiger partial charge in [-0.15, -0.1) is 29.7 Å². The minimum atomic E-state index is 0. The van der Waals surface area contributed by atoms with E-state index in [1.165, 1.54) is 21.9 Å². The van der Waals surface area contributed by atoms with Gasteiger partial charge >= 0.3 is 0 Å². The minimum absolute atomic E-state index is 0. The number of rotatable bonds is 0. The third-order valence-corrected chi connectivity index (χ3v) is 3.61. The smallest absolute Gasteiger partial charge is 0.0611 e. The monoisotopic (exact) mass is 438 g/mol. The maximum atomic E-state index is 4.65. The van der Waals surface area contributed by atoms with E-state index in [2.05, 4.69) is 52.8 Å². The molecule has 4 aromatic rings. The first-order valence-corrected chi connectivity index (χ1v) is 6.42. The van der Waals surface area contributed by atoms with Crippen LogP contribution in [0.5, 0.6) is 0 Å². The molecule has 0 unspecified atom stereocenters. The van der Waals surface area contributed by atoms with Crippen LogP contribution in [0.4, 0.5) is 0 Å². The summed E-state index contributed by atoms with van der Waals surface area (Å²) in [6.07, 6.45) is 2.09. The molecule has 0 amide bonds. The van der Waals surface area contributed by atoms with Gasteiger partial charge in [-0.1, -0.05) is 23.1 Å². The van der Waals surface area contributed by atoms with Crippen LogP contribution in [-0.2, 0) is 20.1 Å². The predicted octanol–water partition coefficient (Wildman–Crippen LogP) is 4.06. The van der Waals surface area contributed by atoms with Crippen molar-refractivity contribution in [3.8, 4) is 0 Å². The SMILES string of the molecule is Cc1ccc2c(c1)c1ccc[c-]c1c1nc(C)cn21.[Ir]. The van der Waals surface area contributed by atoms with Crippen molar-refractivity contribution in [2.75, 3.05) is 0 Å². The first kappa shape index (κ1) is 13.3. The fraction of sp³-hybridized carbons (Fsp3) is 0.118. The molecule has 2 heterocycles. The molecule has 0 saturated heterocycles. The molecule has 0 bridgehead atoms. The molecule has 2 aromatic heterocycles. The van der Waals surface area contributed by atoms with E-state index < -0.39 is 0 Å². The summed E-state index contributed by atoms with van der Waals surface area (Å²) in [7, 11) is 0. The zero-order valence-corrected chi connectivity index (χ0v) is 13.7. The van der Waals surface area contributed by atoms with Gasteiger partial charge in [0.1, 0.15) is 0 Å². The zero-order valence-electron chi connectivity index (χ0n) is 11.3. The number of hydrogen-bond acceptors (Lipinski definition) is 1. The van der Waals surface area contributed by atoms with Gasteiger partial charge in [-0.25, -0.2) is 0 Å². The molecule has 0 N–H and O–H groups in total. The van der Waals surface area contributed by atoms with Gasteiger partial charge in [-0.2, -0.15) is 0 Å². The first-order chi connectivity index (χ1) is 9.24. The van der Waals surface area contributed by atoms with E-state index in [-0.39, 0.29) is 20.1 Å². The molecule has 0 aliphatic carbocycles. The van der Waals surface area contributed by atoms with E-state index in [1.54, 1.807) is 0 Å². The molecular weight excluding hydrogens is 424 g/mol. The van der Waals surface area contributed by atoms with Gasteiger partial charge in [0, 0.05) is 37.5 Å². The van der Waals surface area contributed by atoms with Crippen molar-refractivity contribution in [3.05, 3.63) is 59.9 Å². The maximum absolute atomic E-state index is 4.65. The van der Waals surface area contributed by atoms with Crippen LogP contribution in [0.15, 0.2) is 42.6 Å². The van der Waals surface area contributed by atoms with Gasteiger partial charge in [0.05, 0.1) is 5.65 Å². The van der Waals surface area contributed by atoms with E-state index in [0.717, 1.165) is 16.7 Å². The number of fused-ring (bicyclic) bond motifs is 6. The van der Waals surface area contributed by atoms with Gasteiger partial charge in [0.25, 0.3) is 0 Å². The minimum Gasteiger partial charge on any atom is -0.340 e. The average Bonchev–Trinajstić information content (AvgIpc) is 2.81. The Morgan fingerprint density at radius 1 is 1.10 bits per heavy atom. The van der Waals surface area contributed by atoms with Gasteiger partial charge < -0.3 is 4.40 Å². The second-order valence-electron chi connectivity index (χ2n) is 5.06. The standard InChI is InChI=1S/C17H13N2.Ir/c1-11-7-8-16-15(9-11)13-5-3-4-6-14(13)17-18-12(2)10-19(16)17;/h3-5,7-10H,1-2H3;/q-1;. The molecule has 2 aromatic carbocycles. The summed E-state index contributed by atoms with van der Waals surface area (Å²) in [5, 5.41) is 3.57. The van der Waals surface area contributed by atoms with Crippen LogP contribution in [0.1, 0.15) is 11.3 Å². The number of hydrogen-bond donors (Lipinski definition) is 0. The molecule has 101 valence electrons. The molecule has 0 aliphatic rings. The van der Waals surface area contributed by atoms with E-state index in [0.29, 0.717) is 0 Å². The molecule has 0 saturated carbocycles. The van der Waals surface area contributed by atoms with E-state index in [4.69, 9.17) is 0 Å². The fourth-order valence-corrected chi connectivity index (χ4v) is 2.78.